The van der Waals surface area contributed by atoms with Crippen LogP contribution < -0.4 is 5.32 Å². The fourth-order valence-corrected chi connectivity index (χ4v) is 2.36. The van der Waals surface area contributed by atoms with E-state index in [0.29, 0.717) is 10.6 Å². The van der Waals surface area contributed by atoms with Crippen LogP contribution in [0.15, 0.2) is 18.2 Å². The van der Waals surface area contributed by atoms with Crippen molar-refractivity contribution in [1.82, 2.24) is 9.59 Å². The number of amides is 1. The first kappa shape index (κ1) is 14.9. The van der Waals surface area contributed by atoms with Crippen molar-refractivity contribution >= 4 is 28.8 Å². The monoisotopic (exact) mass is 308 g/mol. The number of phenolic OH excluding ortho intramolecular Hbond substituents is 1. The molecule has 0 aliphatic carbocycles. The zero-order valence-electron chi connectivity index (χ0n) is 11.2. The Morgan fingerprint density at radius 1 is 1.48 bits per heavy atom. The molecule has 1 heterocycles. The molecule has 1 aromatic carbocycles. The number of anilines is 1. The van der Waals surface area contributed by atoms with E-state index in [1.807, 2.05) is 13.8 Å². The molecule has 0 saturated heterocycles. The zero-order valence-corrected chi connectivity index (χ0v) is 12.0. The third-order valence-electron chi connectivity index (χ3n) is 2.71. The summed E-state index contributed by atoms with van der Waals surface area (Å²) in [6.45, 7) is 3.75. The molecule has 0 atom stereocenters. The predicted molar refractivity (Wildman–Crippen MR) is 76.7 cm³/mol. The third-order valence-corrected chi connectivity index (χ3v) is 3.45. The number of hydrogen-bond acceptors (Lipinski definition) is 7. The van der Waals surface area contributed by atoms with Gasteiger partial charge in [-0.25, -0.2) is 0 Å². The highest BCUT2D eigenvalue weighted by Crippen LogP contribution is 2.29. The summed E-state index contributed by atoms with van der Waals surface area (Å²) in [6, 6.07) is 3.40. The van der Waals surface area contributed by atoms with Crippen LogP contribution in [-0.2, 0) is 0 Å². The Balaban J connectivity index is 2.29. The highest BCUT2D eigenvalue weighted by Gasteiger charge is 2.20. The second-order valence-corrected chi connectivity index (χ2v) is 5.31. The molecule has 1 aromatic heterocycles. The van der Waals surface area contributed by atoms with Gasteiger partial charge < -0.3 is 10.4 Å². The molecule has 2 aromatic rings. The fraction of sp³-hybridized carbons (Fsp3) is 0.250. The molecular weight excluding hydrogens is 296 g/mol. The molecule has 9 heteroatoms. The lowest BCUT2D eigenvalue weighted by atomic mass is 10.1. The summed E-state index contributed by atoms with van der Waals surface area (Å²) in [5.74, 6) is -0.745. The number of nitrogens with zero attached hydrogens (tertiary/aromatic N) is 3. The van der Waals surface area contributed by atoms with Crippen LogP contribution in [0.5, 0.6) is 5.75 Å². The van der Waals surface area contributed by atoms with Crippen LogP contribution in [0.4, 0.5) is 11.4 Å². The summed E-state index contributed by atoms with van der Waals surface area (Å²) in [5.41, 5.74) is 0.286. The summed E-state index contributed by atoms with van der Waals surface area (Å²) >= 11 is 0.933. The van der Waals surface area contributed by atoms with Gasteiger partial charge in [-0.2, -0.15) is 0 Å². The number of nitro groups is 1. The first-order chi connectivity index (χ1) is 9.90. The number of benzene rings is 1. The second-order valence-electron chi connectivity index (χ2n) is 4.55. The van der Waals surface area contributed by atoms with E-state index in [0.717, 1.165) is 29.7 Å². The van der Waals surface area contributed by atoms with Crippen molar-refractivity contribution in [3.8, 4) is 5.75 Å². The second kappa shape index (κ2) is 5.83. The van der Waals surface area contributed by atoms with Gasteiger partial charge in [-0.1, -0.05) is 18.3 Å². The number of aromatic nitrogens is 2. The maximum Gasteiger partial charge on any atom is 0.271 e. The molecule has 1 amide bonds. The van der Waals surface area contributed by atoms with Gasteiger partial charge in [0.25, 0.3) is 11.6 Å². The number of phenols is 1. The summed E-state index contributed by atoms with van der Waals surface area (Å²) in [6.07, 6.45) is 0. The minimum Gasteiger partial charge on any atom is -0.506 e. The minimum absolute atomic E-state index is 0.0169. The number of nitrogens with one attached hydrogen (secondary N) is 1. The highest BCUT2D eigenvalue weighted by atomic mass is 32.1. The molecule has 0 fully saturated rings. The van der Waals surface area contributed by atoms with E-state index >= 15 is 0 Å². The van der Waals surface area contributed by atoms with Gasteiger partial charge >= 0.3 is 0 Å². The number of aromatic hydroxyl groups is 1. The van der Waals surface area contributed by atoms with Crippen LogP contribution >= 0.6 is 11.5 Å². The van der Waals surface area contributed by atoms with Crippen molar-refractivity contribution in [2.24, 2.45) is 0 Å². The molecule has 0 aliphatic heterocycles. The standard InChI is InChI=1S/C12H12N4O4S/c1-6(2)10-11(21-15-14-10)12(18)13-8-5-7(16(19)20)3-4-9(8)17/h3-6,17H,1-2H3,(H,13,18). The van der Waals surface area contributed by atoms with Crippen LogP contribution in [0.3, 0.4) is 0 Å². The van der Waals surface area contributed by atoms with E-state index in [1.165, 1.54) is 0 Å². The van der Waals surface area contributed by atoms with Crippen molar-refractivity contribution in [2.75, 3.05) is 5.32 Å². The lowest BCUT2D eigenvalue weighted by Crippen LogP contribution is -2.13. The summed E-state index contributed by atoms with van der Waals surface area (Å²) in [4.78, 5) is 22.6. The molecule has 0 unspecified atom stereocenters. The van der Waals surface area contributed by atoms with E-state index in [-0.39, 0.29) is 23.0 Å². The molecule has 2 rings (SSSR count). The maximum atomic E-state index is 12.2. The van der Waals surface area contributed by atoms with Gasteiger partial charge in [-0.05, 0) is 23.5 Å². The molecule has 2 N–H and O–H groups in total. The summed E-state index contributed by atoms with van der Waals surface area (Å²) in [5, 5.41) is 26.7. The number of carbonyl (C=O) groups is 1. The van der Waals surface area contributed by atoms with E-state index < -0.39 is 10.8 Å². The molecular formula is C12H12N4O4S. The van der Waals surface area contributed by atoms with Crippen LogP contribution in [0.25, 0.3) is 0 Å². The van der Waals surface area contributed by atoms with Gasteiger partial charge in [0, 0.05) is 12.1 Å². The van der Waals surface area contributed by atoms with Crippen molar-refractivity contribution in [2.45, 2.75) is 19.8 Å². The van der Waals surface area contributed by atoms with Gasteiger partial charge in [0.05, 0.1) is 16.3 Å². The number of non-ortho nitro benzene ring substituents is 1. The van der Waals surface area contributed by atoms with Crippen LogP contribution in [0.1, 0.15) is 35.1 Å². The first-order valence-electron chi connectivity index (χ1n) is 6.01. The quantitative estimate of drug-likeness (QED) is 0.509. The van der Waals surface area contributed by atoms with Crippen LogP contribution in [0.2, 0.25) is 0 Å². The number of carbonyl (C=O) groups excluding carboxylic acids is 1. The molecule has 110 valence electrons. The average molecular weight is 308 g/mol. The lowest BCUT2D eigenvalue weighted by molar-refractivity contribution is -0.384. The normalized spacial score (nSPS) is 10.6. The minimum atomic E-state index is -0.608. The fourth-order valence-electron chi connectivity index (χ4n) is 1.65. The predicted octanol–water partition coefficient (Wildman–Crippen LogP) is 2.53. The summed E-state index contributed by atoms with van der Waals surface area (Å²) < 4.78 is 3.73. The van der Waals surface area contributed by atoms with Crippen molar-refractivity contribution in [3.05, 3.63) is 38.9 Å². The van der Waals surface area contributed by atoms with E-state index in [1.54, 1.807) is 0 Å². The molecule has 8 nitrogen and oxygen atoms in total. The molecule has 0 saturated carbocycles. The van der Waals surface area contributed by atoms with Crippen molar-refractivity contribution in [3.63, 3.8) is 0 Å². The number of nitro benzene ring substituents is 1. The Morgan fingerprint density at radius 3 is 2.81 bits per heavy atom. The van der Waals surface area contributed by atoms with E-state index in [2.05, 4.69) is 14.9 Å². The molecule has 21 heavy (non-hydrogen) atoms. The van der Waals surface area contributed by atoms with Crippen molar-refractivity contribution < 1.29 is 14.8 Å². The third kappa shape index (κ3) is 3.14. The van der Waals surface area contributed by atoms with E-state index in [4.69, 9.17) is 0 Å². The first-order valence-corrected chi connectivity index (χ1v) is 6.78. The maximum absolute atomic E-state index is 12.2. The SMILES string of the molecule is CC(C)c1nnsc1C(=O)Nc1cc([N+](=O)[O-])ccc1O. The summed E-state index contributed by atoms with van der Waals surface area (Å²) in [7, 11) is 0. The number of hydrogen-bond donors (Lipinski definition) is 2. The van der Waals surface area contributed by atoms with Crippen LogP contribution in [0, 0.1) is 10.1 Å². The molecule has 0 bridgehead atoms. The molecule has 0 aliphatic rings. The van der Waals surface area contributed by atoms with Gasteiger partial charge in [-0.3, -0.25) is 14.9 Å². The average Bonchev–Trinajstić information content (AvgIpc) is 2.90. The van der Waals surface area contributed by atoms with Gasteiger partial charge in [0.1, 0.15) is 10.6 Å². The topological polar surface area (TPSA) is 118 Å². The smallest absolute Gasteiger partial charge is 0.271 e. The Bertz CT molecular complexity index is 698. The van der Waals surface area contributed by atoms with Crippen LogP contribution in [-0.4, -0.2) is 25.5 Å². The van der Waals surface area contributed by atoms with Gasteiger partial charge in [0.15, 0.2) is 0 Å². The lowest BCUT2D eigenvalue weighted by Gasteiger charge is -2.07. The van der Waals surface area contributed by atoms with Gasteiger partial charge in [-0.15, -0.1) is 5.10 Å². The Kier molecular flexibility index (Phi) is 4.13. The van der Waals surface area contributed by atoms with Crippen molar-refractivity contribution in [1.29, 1.82) is 0 Å². The van der Waals surface area contributed by atoms with Gasteiger partial charge in [0.2, 0.25) is 0 Å². The number of rotatable bonds is 4. The highest BCUT2D eigenvalue weighted by molar-refractivity contribution is 7.08. The van der Waals surface area contributed by atoms with E-state index in [9.17, 15) is 20.0 Å². The largest absolute Gasteiger partial charge is 0.506 e. The Morgan fingerprint density at radius 2 is 2.19 bits per heavy atom. The Labute approximate surface area is 123 Å². The molecule has 0 radical (unpaired) electrons. The zero-order chi connectivity index (χ0) is 15.6. The Hall–Kier alpha value is -2.55. The molecule has 0 spiro atoms.